The van der Waals surface area contributed by atoms with Gasteiger partial charge in [-0.1, -0.05) is 31.6 Å². The summed E-state index contributed by atoms with van der Waals surface area (Å²) in [5, 5.41) is 22.0. The van der Waals surface area contributed by atoms with E-state index < -0.39 is 40.2 Å². The maximum atomic E-state index is 14.5. The zero-order valence-corrected chi connectivity index (χ0v) is 22.8. The zero-order chi connectivity index (χ0) is 27.3. The molecule has 0 amide bonds. The Bertz CT molecular complexity index is 1240. The summed E-state index contributed by atoms with van der Waals surface area (Å²) in [4.78, 5) is 28.9. The van der Waals surface area contributed by atoms with Crippen molar-refractivity contribution in [3.63, 3.8) is 0 Å². The summed E-state index contributed by atoms with van der Waals surface area (Å²) in [6, 6.07) is 1.19. The van der Waals surface area contributed by atoms with Gasteiger partial charge in [0.05, 0.1) is 17.6 Å². The average Bonchev–Trinajstić information content (AvgIpc) is 2.93. The molecule has 200 valence electrons. The summed E-state index contributed by atoms with van der Waals surface area (Å²) in [5.41, 5.74) is -2.97. The van der Waals surface area contributed by atoms with E-state index in [0.29, 0.717) is 18.6 Å². The lowest BCUT2D eigenvalue weighted by atomic mass is 9.45. The van der Waals surface area contributed by atoms with Gasteiger partial charge in [-0.25, -0.2) is 0 Å². The summed E-state index contributed by atoms with van der Waals surface area (Å²) in [6.45, 7) is 17.6. The van der Waals surface area contributed by atoms with Crippen LogP contribution < -0.4 is 4.74 Å². The molecule has 0 radical (unpaired) electrons. The highest BCUT2D eigenvalue weighted by Crippen LogP contribution is 2.70. The number of ketones is 2. The van der Waals surface area contributed by atoms with Crippen LogP contribution in [0.5, 0.6) is 17.2 Å². The number of phenols is 2. The van der Waals surface area contributed by atoms with Crippen molar-refractivity contribution in [2.45, 2.75) is 89.6 Å². The van der Waals surface area contributed by atoms with Crippen molar-refractivity contribution in [3.8, 4) is 17.2 Å². The second-order valence-corrected chi connectivity index (χ2v) is 12.4. The Labute approximate surface area is 218 Å². The van der Waals surface area contributed by atoms with E-state index in [9.17, 15) is 19.8 Å². The molecule has 1 aromatic carbocycles. The van der Waals surface area contributed by atoms with E-state index in [1.54, 1.807) is 6.08 Å². The molecule has 37 heavy (non-hydrogen) atoms. The monoisotopic (exact) mass is 510 g/mol. The van der Waals surface area contributed by atoms with Crippen molar-refractivity contribution in [2.24, 2.45) is 17.8 Å². The molecule has 2 N–H and O–H groups in total. The van der Waals surface area contributed by atoms with Crippen LogP contribution in [-0.2, 0) is 19.7 Å². The highest BCUT2D eigenvalue weighted by molar-refractivity contribution is 6.09. The highest BCUT2D eigenvalue weighted by atomic mass is 16.6. The van der Waals surface area contributed by atoms with Gasteiger partial charge in [0.25, 0.3) is 0 Å². The van der Waals surface area contributed by atoms with E-state index in [4.69, 9.17) is 14.2 Å². The third-order valence-corrected chi connectivity index (χ3v) is 9.19. The zero-order valence-electron chi connectivity index (χ0n) is 22.8. The number of fused-ring (bicyclic) bond motifs is 1. The second-order valence-electron chi connectivity index (χ2n) is 12.4. The molecule has 7 heteroatoms. The Morgan fingerprint density at radius 3 is 2.51 bits per heavy atom. The fourth-order valence-corrected chi connectivity index (χ4v) is 7.62. The fraction of sp³-hybridized carbons (Fsp3) is 0.600. The summed E-state index contributed by atoms with van der Waals surface area (Å²) < 4.78 is 19.9. The number of aromatic hydroxyl groups is 2. The van der Waals surface area contributed by atoms with Crippen LogP contribution in [0.4, 0.5) is 0 Å². The van der Waals surface area contributed by atoms with Crippen LogP contribution in [0.3, 0.4) is 0 Å². The van der Waals surface area contributed by atoms with Crippen LogP contribution in [0.2, 0.25) is 0 Å². The molecular weight excluding hydrogens is 472 g/mol. The smallest absolute Gasteiger partial charge is 0.180 e. The summed E-state index contributed by atoms with van der Waals surface area (Å²) in [7, 11) is 0. The molecule has 1 spiro atoms. The lowest BCUT2D eigenvalue weighted by molar-refractivity contribution is -0.226. The summed E-state index contributed by atoms with van der Waals surface area (Å²) >= 11 is 0. The number of carbonyl (C=O) groups excluding carboxylic acids is 2. The standard InChI is InChI=1S/C30H38O7/c1-9-27(5,6)21-18(32)14-17(31)20-23(33)22-24(35-10-2)16-13-19-28(7,8)37-29(26(16)34,12-11-15(3)4)30(19,22)36-25(20)21/h9,11,14,16,19,22,24,31-32H,1,10,12-13H2,2-8H3/t16-,19-,22+,24-,29-,30-/m0/s1. The number of hydrogen-bond acceptors (Lipinski definition) is 7. The SMILES string of the molecule is C=CC(C)(C)c1c(O)cc(O)c2c1O[C@]13[C@H](C2=O)[C@@H](OCC)[C@@H]2C[C@H]1C(C)(C)O[C@@]3(CC=C(C)C)C2=O. The number of Topliss-reactive ketones (excluding diaryl/α,β-unsaturated/α-hetero) is 2. The third-order valence-electron chi connectivity index (χ3n) is 9.19. The Balaban J connectivity index is 1.88. The number of allylic oxidation sites excluding steroid dienone is 2. The van der Waals surface area contributed by atoms with Crippen LogP contribution in [0.15, 0.2) is 30.4 Å². The predicted octanol–water partition coefficient (Wildman–Crippen LogP) is 5.02. The van der Waals surface area contributed by atoms with Crippen LogP contribution in [0.25, 0.3) is 0 Å². The van der Waals surface area contributed by atoms with E-state index in [-0.39, 0.29) is 46.7 Å². The molecule has 0 aromatic heterocycles. The van der Waals surface area contributed by atoms with Gasteiger partial charge in [-0.3, -0.25) is 9.59 Å². The lowest BCUT2D eigenvalue weighted by Crippen LogP contribution is -2.80. The fourth-order valence-electron chi connectivity index (χ4n) is 7.62. The van der Waals surface area contributed by atoms with Gasteiger partial charge in [0.15, 0.2) is 22.8 Å². The number of ether oxygens (including phenoxy) is 3. The molecule has 2 heterocycles. The maximum absolute atomic E-state index is 14.5. The minimum atomic E-state index is -1.41. The van der Waals surface area contributed by atoms with E-state index in [2.05, 4.69) is 6.58 Å². The van der Waals surface area contributed by atoms with Crippen molar-refractivity contribution in [3.05, 3.63) is 41.5 Å². The molecule has 4 bridgehead atoms. The molecule has 3 saturated carbocycles. The summed E-state index contributed by atoms with van der Waals surface area (Å²) in [5.74, 6) is -2.59. The first-order chi connectivity index (χ1) is 17.2. The van der Waals surface area contributed by atoms with Gasteiger partial charge in [-0.05, 0) is 41.0 Å². The molecule has 6 atom stereocenters. The quantitative estimate of drug-likeness (QED) is 0.518. The van der Waals surface area contributed by atoms with E-state index >= 15 is 0 Å². The van der Waals surface area contributed by atoms with Crippen LogP contribution in [0, 0.1) is 17.8 Å². The van der Waals surface area contributed by atoms with Gasteiger partial charge in [0.1, 0.15) is 22.8 Å². The van der Waals surface area contributed by atoms with Crippen LogP contribution >= 0.6 is 0 Å². The minimum Gasteiger partial charge on any atom is -0.507 e. The lowest BCUT2D eigenvalue weighted by Gasteiger charge is -2.62. The second kappa shape index (κ2) is 7.93. The van der Waals surface area contributed by atoms with Crippen molar-refractivity contribution in [1.82, 2.24) is 0 Å². The summed E-state index contributed by atoms with van der Waals surface area (Å²) in [6.07, 6.45) is 3.66. The molecule has 1 aromatic rings. The number of phenolic OH excluding ortho intramolecular Hbond substituents is 2. The number of carbonyl (C=O) groups is 2. The normalized spacial score (nSPS) is 35.0. The molecule has 0 unspecified atom stereocenters. The van der Waals surface area contributed by atoms with Crippen molar-refractivity contribution >= 4 is 11.6 Å². The number of benzene rings is 1. The molecular formula is C30H38O7. The molecule has 7 nitrogen and oxygen atoms in total. The first kappa shape index (κ1) is 26.0. The van der Waals surface area contributed by atoms with Crippen LogP contribution in [-0.4, -0.2) is 51.3 Å². The molecule has 5 aliphatic rings. The Morgan fingerprint density at radius 2 is 1.92 bits per heavy atom. The average molecular weight is 511 g/mol. The van der Waals surface area contributed by atoms with Gasteiger partial charge in [-0.2, -0.15) is 0 Å². The Hall–Kier alpha value is -2.64. The van der Waals surface area contributed by atoms with Crippen molar-refractivity contribution in [1.29, 1.82) is 0 Å². The third kappa shape index (κ3) is 3.07. The van der Waals surface area contributed by atoms with Crippen molar-refractivity contribution < 1.29 is 34.0 Å². The molecule has 3 aliphatic carbocycles. The molecule has 6 rings (SSSR count). The molecule has 4 fully saturated rings. The first-order valence-corrected chi connectivity index (χ1v) is 13.2. The number of hydrogen-bond donors (Lipinski definition) is 2. The minimum absolute atomic E-state index is 0.0117. The Kier molecular flexibility index (Phi) is 5.57. The topological polar surface area (TPSA) is 102 Å². The van der Waals surface area contributed by atoms with Crippen LogP contribution in [0.1, 0.15) is 77.2 Å². The van der Waals surface area contributed by atoms with Crippen molar-refractivity contribution in [2.75, 3.05) is 6.61 Å². The van der Waals surface area contributed by atoms with E-state index in [1.807, 2.05) is 54.5 Å². The number of rotatable bonds is 6. The van der Waals surface area contributed by atoms with E-state index in [1.165, 1.54) is 6.07 Å². The predicted molar refractivity (Wildman–Crippen MR) is 138 cm³/mol. The first-order valence-electron chi connectivity index (χ1n) is 13.2. The maximum Gasteiger partial charge on any atom is 0.180 e. The van der Waals surface area contributed by atoms with Gasteiger partial charge < -0.3 is 24.4 Å². The highest BCUT2D eigenvalue weighted by Gasteiger charge is 2.85. The van der Waals surface area contributed by atoms with Gasteiger partial charge >= 0.3 is 0 Å². The largest absolute Gasteiger partial charge is 0.507 e. The molecule has 2 aliphatic heterocycles. The van der Waals surface area contributed by atoms with E-state index in [0.717, 1.165) is 5.57 Å². The Morgan fingerprint density at radius 1 is 1.24 bits per heavy atom. The van der Waals surface area contributed by atoms with Gasteiger partial charge in [-0.15, -0.1) is 6.58 Å². The van der Waals surface area contributed by atoms with Gasteiger partial charge in [0, 0.05) is 41.9 Å². The molecule has 1 saturated heterocycles. The van der Waals surface area contributed by atoms with Gasteiger partial charge in [0.2, 0.25) is 0 Å².